The Morgan fingerprint density at radius 3 is 2.77 bits per heavy atom. The molecule has 2 unspecified atom stereocenters. The predicted molar refractivity (Wildman–Crippen MR) is 105 cm³/mol. The van der Waals surface area contributed by atoms with Gasteiger partial charge in [-0.25, -0.2) is 9.78 Å². The van der Waals surface area contributed by atoms with E-state index in [1.807, 2.05) is 6.08 Å². The van der Waals surface area contributed by atoms with Crippen LogP contribution >= 0.6 is 10.9 Å². The standard InChI is InChI=1S/C19H27N3O3S/c1-3-5-6-13(4-2)22-19(25)26-16-10-15(18(23)24)20-11-12(16)9-17(26)21-14-7-8-14/h9-11,13-14,21,26H,3-8H2,1-2H3,(H,22,25)(H,23,24). The van der Waals surface area contributed by atoms with Crippen molar-refractivity contribution in [1.82, 2.24) is 15.6 Å². The van der Waals surface area contributed by atoms with Gasteiger partial charge in [-0.15, -0.1) is 10.9 Å². The maximum atomic E-state index is 13.1. The number of fused-ring (bicyclic) bond motifs is 1. The van der Waals surface area contributed by atoms with Gasteiger partial charge in [-0.1, -0.05) is 26.7 Å². The number of carboxylic acids is 1. The van der Waals surface area contributed by atoms with E-state index >= 15 is 0 Å². The van der Waals surface area contributed by atoms with Crippen molar-refractivity contribution in [2.24, 2.45) is 0 Å². The predicted octanol–water partition coefficient (Wildman–Crippen LogP) is 3.88. The Labute approximate surface area is 156 Å². The highest BCUT2D eigenvalue weighted by molar-refractivity contribution is 8.33. The fourth-order valence-electron chi connectivity index (χ4n) is 3.05. The number of aromatic nitrogens is 1. The zero-order valence-corrected chi connectivity index (χ0v) is 16.2. The van der Waals surface area contributed by atoms with E-state index in [1.165, 1.54) is 0 Å². The van der Waals surface area contributed by atoms with E-state index in [-0.39, 0.29) is 17.0 Å². The summed E-state index contributed by atoms with van der Waals surface area (Å²) in [5.41, 5.74) is 0.837. The van der Waals surface area contributed by atoms with Crippen LogP contribution in [-0.2, 0) is 0 Å². The molecule has 0 spiro atoms. The summed E-state index contributed by atoms with van der Waals surface area (Å²) in [5, 5.41) is 16.8. The van der Waals surface area contributed by atoms with Gasteiger partial charge in [0.2, 0.25) is 0 Å². The summed E-state index contributed by atoms with van der Waals surface area (Å²) in [4.78, 5) is 29.2. The lowest BCUT2D eigenvalue weighted by atomic mass is 10.1. The molecule has 3 N–H and O–H groups in total. The number of hydrogen-bond acceptors (Lipinski definition) is 4. The minimum atomic E-state index is -1.28. The van der Waals surface area contributed by atoms with E-state index in [0.29, 0.717) is 6.04 Å². The number of unbranched alkanes of at least 4 members (excludes halogenated alkanes) is 1. The number of hydrogen-bond donors (Lipinski definition) is 4. The number of pyridine rings is 1. The minimum Gasteiger partial charge on any atom is -0.477 e. The first-order chi connectivity index (χ1) is 12.5. The highest BCUT2D eigenvalue weighted by Crippen LogP contribution is 2.52. The lowest BCUT2D eigenvalue weighted by Gasteiger charge is -2.25. The first kappa shape index (κ1) is 18.8. The van der Waals surface area contributed by atoms with Crippen LogP contribution in [0.3, 0.4) is 0 Å². The molecule has 1 amide bonds. The largest absolute Gasteiger partial charge is 0.477 e. The maximum absolute atomic E-state index is 13.1. The van der Waals surface area contributed by atoms with Crippen molar-refractivity contribution < 1.29 is 14.7 Å². The Balaban J connectivity index is 1.84. The van der Waals surface area contributed by atoms with Crippen molar-refractivity contribution in [3.63, 3.8) is 0 Å². The third-order valence-corrected chi connectivity index (χ3v) is 6.91. The van der Waals surface area contributed by atoms with Gasteiger partial charge in [-0.3, -0.25) is 4.79 Å². The Morgan fingerprint density at radius 1 is 1.38 bits per heavy atom. The van der Waals surface area contributed by atoms with Crippen LogP contribution in [0.5, 0.6) is 0 Å². The lowest BCUT2D eigenvalue weighted by Crippen LogP contribution is -2.34. The van der Waals surface area contributed by atoms with Crippen LogP contribution < -0.4 is 10.6 Å². The molecule has 2 aliphatic rings. The van der Waals surface area contributed by atoms with Crippen molar-refractivity contribution in [3.05, 3.63) is 28.5 Å². The van der Waals surface area contributed by atoms with Crippen molar-refractivity contribution >= 4 is 28.2 Å². The van der Waals surface area contributed by atoms with Crippen LogP contribution in [0.15, 0.2) is 22.2 Å². The van der Waals surface area contributed by atoms with Crippen LogP contribution in [0.25, 0.3) is 6.08 Å². The number of carboxylic acid groups (broad SMARTS) is 1. The summed E-state index contributed by atoms with van der Waals surface area (Å²) in [6.45, 7) is 4.23. The van der Waals surface area contributed by atoms with Gasteiger partial charge in [0.15, 0.2) is 0 Å². The highest BCUT2D eigenvalue weighted by atomic mass is 32.2. The summed E-state index contributed by atoms with van der Waals surface area (Å²) in [6, 6.07) is 2.16. The number of carbonyl (C=O) groups excluding carboxylic acids is 1. The Bertz CT molecular complexity index is 731. The molecular weight excluding hydrogens is 350 g/mol. The number of amides is 1. The van der Waals surface area contributed by atoms with Crippen molar-refractivity contribution in [2.45, 2.75) is 69.4 Å². The van der Waals surface area contributed by atoms with E-state index in [2.05, 4.69) is 29.5 Å². The molecule has 0 aromatic carbocycles. The molecule has 142 valence electrons. The Morgan fingerprint density at radius 2 is 2.15 bits per heavy atom. The second-order valence-corrected chi connectivity index (χ2v) is 8.95. The number of nitrogens with one attached hydrogen (secondary N) is 2. The molecule has 0 saturated heterocycles. The minimum absolute atomic E-state index is 0.00337. The van der Waals surface area contributed by atoms with Crippen molar-refractivity contribution in [3.8, 4) is 0 Å². The molecule has 6 nitrogen and oxygen atoms in total. The topological polar surface area (TPSA) is 91.3 Å². The van der Waals surface area contributed by atoms with E-state index < -0.39 is 16.9 Å². The average molecular weight is 378 g/mol. The number of rotatable bonds is 8. The molecule has 0 bridgehead atoms. The first-order valence-corrected chi connectivity index (χ1v) is 10.7. The van der Waals surface area contributed by atoms with Crippen LogP contribution in [0.4, 0.5) is 4.79 Å². The monoisotopic (exact) mass is 377 g/mol. The lowest BCUT2D eigenvalue weighted by molar-refractivity contribution is 0.0690. The quantitative estimate of drug-likeness (QED) is 0.516. The summed E-state index contributed by atoms with van der Waals surface area (Å²) >= 11 is 0. The molecule has 3 rings (SSSR count). The molecule has 1 aliphatic heterocycles. The molecule has 2 heterocycles. The van der Waals surface area contributed by atoms with Crippen LogP contribution in [-0.4, -0.2) is 33.4 Å². The third-order valence-electron chi connectivity index (χ3n) is 4.76. The van der Waals surface area contributed by atoms with E-state index in [9.17, 15) is 14.7 Å². The molecule has 1 aromatic heterocycles. The molecule has 0 radical (unpaired) electrons. The number of aromatic carboxylic acids is 1. The van der Waals surface area contributed by atoms with E-state index in [0.717, 1.165) is 54.0 Å². The summed E-state index contributed by atoms with van der Waals surface area (Å²) in [7, 11) is -1.28. The fourth-order valence-corrected chi connectivity index (χ4v) is 5.27. The maximum Gasteiger partial charge on any atom is 0.354 e. The Kier molecular flexibility index (Phi) is 5.86. The van der Waals surface area contributed by atoms with Gasteiger partial charge in [0, 0.05) is 28.7 Å². The van der Waals surface area contributed by atoms with Crippen LogP contribution in [0.2, 0.25) is 0 Å². The van der Waals surface area contributed by atoms with E-state index in [4.69, 9.17) is 0 Å². The summed E-state index contributed by atoms with van der Waals surface area (Å²) in [6.07, 6.45) is 9.82. The average Bonchev–Trinajstić information content (AvgIpc) is 3.36. The normalized spacial score (nSPS) is 20.8. The first-order valence-electron chi connectivity index (χ1n) is 9.35. The molecule has 1 aliphatic carbocycles. The third kappa shape index (κ3) is 4.20. The van der Waals surface area contributed by atoms with Gasteiger partial charge in [0.05, 0.1) is 5.03 Å². The summed E-state index contributed by atoms with van der Waals surface area (Å²) < 4.78 is 0. The smallest absolute Gasteiger partial charge is 0.354 e. The molecular formula is C19H27N3O3S. The molecule has 1 fully saturated rings. The van der Waals surface area contributed by atoms with Crippen LogP contribution in [0, 0.1) is 0 Å². The van der Waals surface area contributed by atoms with Gasteiger partial charge in [0.25, 0.3) is 5.24 Å². The fraction of sp³-hybridized carbons (Fsp3) is 0.526. The number of carbonyl (C=O) groups is 2. The van der Waals surface area contributed by atoms with Gasteiger partial charge < -0.3 is 15.7 Å². The molecule has 2 atom stereocenters. The van der Waals surface area contributed by atoms with Gasteiger partial charge in [0.1, 0.15) is 5.69 Å². The zero-order valence-electron chi connectivity index (χ0n) is 15.3. The van der Waals surface area contributed by atoms with E-state index in [1.54, 1.807) is 12.3 Å². The highest BCUT2D eigenvalue weighted by Gasteiger charge is 2.33. The number of nitrogens with zero attached hydrogens (tertiary/aromatic N) is 1. The van der Waals surface area contributed by atoms with Crippen molar-refractivity contribution in [1.29, 1.82) is 0 Å². The zero-order chi connectivity index (χ0) is 18.7. The van der Waals surface area contributed by atoms with Crippen molar-refractivity contribution in [2.75, 3.05) is 0 Å². The Hall–Kier alpha value is -2.02. The SMILES string of the molecule is CCCCC(CC)NC(=O)[SH]1C(NC2CC2)=Cc2cnc(C(=O)O)cc21. The second kappa shape index (κ2) is 8.12. The van der Waals surface area contributed by atoms with Gasteiger partial charge >= 0.3 is 5.97 Å². The summed E-state index contributed by atoms with van der Waals surface area (Å²) in [5.74, 6) is -1.07. The van der Waals surface area contributed by atoms with Gasteiger partial charge in [-0.2, -0.15) is 0 Å². The molecule has 1 aromatic rings. The number of thiol groups is 1. The van der Waals surface area contributed by atoms with Crippen LogP contribution in [0.1, 0.15) is 68.4 Å². The van der Waals surface area contributed by atoms with Gasteiger partial charge in [-0.05, 0) is 37.8 Å². The second-order valence-electron chi connectivity index (χ2n) is 6.91. The molecule has 7 heteroatoms. The molecule has 1 saturated carbocycles. The molecule has 26 heavy (non-hydrogen) atoms.